The molecule has 0 atom stereocenters. The Labute approximate surface area is 113 Å². The normalized spacial score (nSPS) is 10.1. The van der Waals surface area contributed by atoms with Gasteiger partial charge in [0.25, 0.3) is 11.1 Å². The van der Waals surface area contributed by atoms with Crippen molar-refractivity contribution >= 4 is 34.8 Å². The van der Waals surface area contributed by atoms with E-state index in [-0.39, 0.29) is 10.7 Å². The highest BCUT2D eigenvalue weighted by Gasteiger charge is 2.11. The molecule has 1 amide bonds. The summed E-state index contributed by atoms with van der Waals surface area (Å²) in [4.78, 5) is 11.8. The molecule has 6 heteroatoms. The van der Waals surface area contributed by atoms with E-state index in [2.05, 4.69) is 5.32 Å². The molecule has 92 valence electrons. The van der Waals surface area contributed by atoms with Crippen LogP contribution in [0.25, 0.3) is 0 Å². The van der Waals surface area contributed by atoms with Crippen molar-refractivity contribution in [1.82, 2.24) is 0 Å². The highest BCUT2D eigenvalue weighted by molar-refractivity contribution is 6.31. The maximum absolute atomic E-state index is 11.8. The van der Waals surface area contributed by atoms with Crippen LogP contribution in [0.3, 0.4) is 0 Å². The number of carbonyl (C=O) groups is 1. The molecular weight excluding hydrogens is 275 g/mol. The van der Waals surface area contributed by atoms with E-state index in [1.165, 1.54) is 12.1 Å². The number of pyridine rings is 1. The smallest absolute Gasteiger partial charge is 0.286 e. The zero-order valence-corrected chi connectivity index (χ0v) is 10.6. The number of amides is 1. The monoisotopic (exact) mass is 282 g/mol. The van der Waals surface area contributed by atoms with Crippen LogP contribution in [0.15, 0.2) is 42.6 Å². The Balaban J connectivity index is 2.19. The van der Waals surface area contributed by atoms with Crippen LogP contribution in [-0.2, 0) is 0 Å². The van der Waals surface area contributed by atoms with E-state index in [1.807, 2.05) is 0 Å². The molecule has 1 aromatic carbocycles. The van der Waals surface area contributed by atoms with Gasteiger partial charge in [0.2, 0.25) is 0 Å². The maximum atomic E-state index is 11.8. The van der Waals surface area contributed by atoms with E-state index in [9.17, 15) is 10.0 Å². The van der Waals surface area contributed by atoms with Crippen LogP contribution in [0, 0.1) is 5.21 Å². The molecule has 0 radical (unpaired) electrons. The standard InChI is InChI=1S/C12H8Cl2N2O2/c13-9-2-1-3-10(6-9)15-12(17)8-4-5-11(14)16(18)7-8/h1-7H,(H,15,17). The number of carbonyl (C=O) groups excluding carboxylic acids is 1. The molecule has 2 rings (SSSR count). The maximum Gasteiger partial charge on any atom is 0.286 e. The quantitative estimate of drug-likeness (QED) is 0.523. The largest absolute Gasteiger partial charge is 0.618 e. The second-order valence-electron chi connectivity index (χ2n) is 3.53. The van der Waals surface area contributed by atoms with Gasteiger partial charge in [-0.3, -0.25) is 4.79 Å². The third-order valence-electron chi connectivity index (χ3n) is 2.21. The van der Waals surface area contributed by atoms with Gasteiger partial charge < -0.3 is 10.5 Å². The lowest BCUT2D eigenvalue weighted by Gasteiger charge is -2.05. The molecule has 0 fully saturated rings. The number of benzene rings is 1. The molecule has 2 aromatic rings. The fourth-order valence-electron chi connectivity index (χ4n) is 1.37. The molecule has 0 saturated carbocycles. The summed E-state index contributed by atoms with van der Waals surface area (Å²) in [5.74, 6) is -0.404. The number of rotatable bonds is 2. The summed E-state index contributed by atoms with van der Waals surface area (Å²) in [5, 5.41) is 14.4. The average Bonchev–Trinajstić information content (AvgIpc) is 2.32. The molecular formula is C12H8Cl2N2O2. The summed E-state index contributed by atoms with van der Waals surface area (Å²) < 4.78 is 0.425. The predicted molar refractivity (Wildman–Crippen MR) is 69.8 cm³/mol. The van der Waals surface area contributed by atoms with E-state index in [4.69, 9.17) is 23.2 Å². The molecule has 0 aliphatic rings. The lowest BCUT2D eigenvalue weighted by atomic mass is 10.2. The van der Waals surface area contributed by atoms with Crippen molar-refractivity contribution in [3.8, 4) is 0 Å². The molecule has 1 N–H and O–H groups in total. The minimum atomic E-state index is -0.404. The molecule has 0 bridgehead atoms. The number of hydrogen-bond acceptors (Lipinski definition) is 2. The fourth-order valence-corrected chi connectivity index (χ4v) is 1.67. The highest BCUT2D eigenvalue weighted by atomic mass is 35.5. The highest BCUT2D eigenvalue weighted by Crippen LogP contribution is 2.15. The van der Waals surface area contributed by atoms with Crippen molar-refractivity contribution in [1.29, 1.82) is 0 Å². The topological polar surface area (TPSA) is 56.0 Å². The van der Waals surface area contributed by atoms with E-state index in [0.29, 0.717) is 15.4 Å². The first-order valence-electron chi connectivity index (χ1n) is 5.02. The Morgan fingerprint density at radius 2 is 2.00 bits per heavy atom. The van der Waals surface area contributed by atoms with Crippen LogP contribution in [0.4, 0.5) is 5.69 Å². The Bertz CT molecular complexity index is 602. The van der Waals surface area contributed by atoms with Crippen LogP contribution in [0.2, 0.25) is 10.2 Å². The number of nitrogens with one attached hydrogen (secondary N) is 1. The van der Waals surface area contributed by atoms with Gasteiger partial charge in [-0.1, -0.05) is 17.7 Å². The zero-order valence-electron chi connectivity index (χ0n) is 9.06. The van der Waals surface area contributed by atoms with Gasteiger partial charge in [0.05, 0.1) is 0 Å². The van der Waals surface area contributed by atoms with Crippen LogP contribution in [-0.4, -0.2) is 5.91 Å². The molecule has 0 aliphatic heterocycles. The summed E-state index contributed by atoms with van der Waals surface area (Å²) in [7, 11) is 0. The third kappa shape index (κ3) is 2.91. The first-order valence-corrected chi connectivity index (χ1v) is 5.77. The zero-order chi connectivity index (χ0) is 13.1. The van der Waals surface area contributed by atoms with Gasteiger partial charge >= 0.3 is 0 Å². The van der Waals surface area contributed by atoms with Crippen LogP contribution in [0.5, 0.6) is 0 Å². The Morgan fingerprint density at radius 3 is 2.67 bits per heavy atom. The molecule has 4 nitrogen and oxygen atoms in total. The van der Waals surface area contributed by atoms with Gasteiger partial charge in [0, 0.05) is 16.8 Å². The van der Waals surface area contributed by atoms with E-state index >= 15 is 0 Å². The minimum Gasteiger partial charge on any atom is -0.618 e. The third-order valence-corrected chi connectivity index (χ3v) is 2.74. The van der Waals surface area contributed by atoms with Crippen molar-refractivity contribution in [3.63, 3.8) is 0 Å². The second kappa shape index (κ2) is 5.25. The van der Waals surface area contributed by atoms with Gasteiger partial charge in [-0.25, -0.2) is 0 Å². The molecule has 0 spiro atoms. The van der Waals surface area contributed by atoms with Crippen molar-refractivity contribution in [2.75, 3.05) is 5.32 Å². The van der Waals surface area contributed by atoms with Gasteiger partial charge in [0.1, 0.15) is 5.56 Å². The lowest BCUT2D eigenvalue weighted by Crippen LogP contribution is -2.29. The molecule has 18 heavy (non-hydrogen) atoms. The van der Waals surface area contributed by atoms with Crippen molar-refractivity contribution in [2.45, 2.75) is 0 Å². The number of aromatic nitrogens is 1. The fraction of sp³-hybridized carbons (Fsp3) is 0. The van der Waals surface area contributed by atoms with Crippen molar-refractivity contribution in [2.24, 2.45) is 0 Å². The van der Waals surface area contributed by atoms with E-state index < -0.39 is 5.91 Å². The first kappa shape index (κ1) is 12.7. The van der Waals surface area contributed by atoms with Gasteiger partial charge in [0.15, 0.2) is 6.20 Å². The molecule has 0 aliphatic carbocycles. The minimum absolute atomic E-state index is 0.00862. The number of hydrogen-bond donors (Lipinski definition) is 1. The van der Waals surface area contributed by atoms with E-state index in [0.717, 1.165) is 6.20 Å². The van der Waals surface area contributed by atoms with Crippen molar-refractivity contribution < 1.29 is 9.52 Å². The first-order chi connectivity index (χ1) is 8.56. The summed E-state index contributed by atoms with van der Waals surface area (Å²) in [6, 6.07) is 9.56. The molecule has 0 unspecified atom stereocenters. The molecule has 1 aromatic heterocycles. The number of nitrogens with zero attached hydrogens (tertiary/aromatic N) is 1. The SMILES string of the molecule is O=C(Nc1cccc(Cl)c1)c1ccc(Cl)[n+]([O-])c1. The van der Waals surface area contributed by atoms with Gasteiger partial charge in [-0.05, 0) is 35.9 Å². The van der Waals surface area contributed by atoms with Gasteiger partial charge in [-0.2, -0.15) is 4.73 Å². The Hall–Kier alpha value is -1.78. The van der Waals surface area contributed by atoms with Crippen LogP contribution >= 0.6 is 23.2 Å². The molecule has 0 saturated heterocycles. The van der Waals surface area contributed by atoms with E-state index in [1.54, 1.807) is 24.3 Å². The van der Waals surface area contributed by atoms with Crippen LogP contribution in [0.1, 0.15) is 10.4 Å². The Kier molecular flexibility index (Phi) is 3.69. The average molecular weight is 283 g/mol. The summed E-state index contributed by atoms with van der Waals surface area (Å²) in [6.45, 7) is 0. The summed E-state index contributed by atoms with van der Waals surface area (Å²) in [6.07, 6.45) is 1.11. The van der Waals surface area contributed by atoms with Gasteiger partial charge in [-0.15, -0.1) is 0 Å². The summed E-state index contributed by atoms with van der Waals surface area (Å²) >= 11 is 11.4. The summed E-state index contributed by atoms with van der Waals surface area (Å²) in [5.41, 5.74) is 0.772. The second-order valence-corrected chi connectivity index (χ2v) is 4.35. The number of anilines is 1. The predicted octanol–water partition coefficient (Wildman–Crippen LogP) is 2.88. The molecule has 1 heterocycles. The Morgan fingerprint density at radius 1 is 1.22 bits per heavy atom. The lowest BCUT2D eigenvalue weighted by molar-refractivity contribution is -0.603. The number of halogens is 2. The van der Waals surface area contributed by atoms with Crippen molar-refractivity contribution in [3.05, 3.63) is 63.5 Å². The van der Waals surface area contributed by atoms with Crippen LogP contribution < -0.4 is 10.0 Å².